The van der Waals surface area contributed by atoms with Gasteiger partial charge in [-0.2, -0.15) is 0 Å². The molecule has 0 radical (unpaired) electrons. The van der Waals surface area contributed by atoms with E-state index in [0.717, 1.165) is 11.1 Å². The van der Waals surface area contributed by atoms with Gasteiger partial charge in [0.05, 0.1) is 47.0 Å². The predicted molar refractivity (Wildman–Crippen MR) is 139 cm³/mol. The van der Waals surface area contributed by atoms with Crippen LogP contribution in [-0.2, 0) is 35.8 Å². The second-order valence-electron chi connectivity index (χ2n) is 12.2. The van der Waals surface area contributed by atoms with E-state index in [9.17, 15) is 30.0 Å². The van der Waals surface area contributed by atoms with Gasteiger partial charge in [0.15, 0.2) is 0 Å². The van der Waals surface area contributed by atoms with Gasteiger partial charge < -0.3 is 48.5 Å². The van der Waals surface area contributed by atoms with Crippen LogP contribution in [-0.4, -0.2) is 88.0 Å². The lowest BCUT2D eigenvalue weighted by molar-refractivity contribution is -0.390. The Bertz CT molecular complexity index is 1440. The molecule has 2 fully saturated rings. The third-order valence-electron chi connectivity index (χ3n) is 9.55. The van der Waals surface area contributed by atoms with Crippen LogP contribution in [0.15, 0.2) is 53.2 Å². The van der Waals surface area contributed by atoms with Crippen molar-refractivity contribution in [1.82, 2.24) is 0 Å². The van der Waals surface area contributed by atoms with Crippen LogP contribution < -0.4 is 4.74 Å². The Morgan fingerprint density at radius 2 is 1.81 bits per heavy atom. The molecule has 3 aliphatic carbocycles. The summed E-state index contributed by atoms with van der Waals surface area (Å²) < 4.78 is 35.9. The maximum Gasteiger partial charge on any atom is 0.338 e. The molecule has 1 saturated carbocycles. The number of benzene rings is 1. The van der Waals surface area contributed by atoms with E-state index in [1.54, 1.807) is 43.5 Å². The van der Waals surface area contributed by atoms with E-state index in [4.69, 9.17) is 28.1 Å². The lowest BCUT2D eigenvalue weighted by atomic mass is 9.74. The minimum absolute atomic E-state index is 0.0163. The van der Waals surface area contributed by atoms with Gasteiger partial charge in [-0.3, -0.25) is 4.79 Å². The van der Waals surface area contributed by atoms with Gasteiger partial charge >= 0.3 is 11.9 Å². The van der Waals surface area contributed by atoms with Crippen LogP contribution in [0.1, 0.15) is 41.3 Å². The minimum Gasteiger partial charge on any atom is -0.462 e. The number of carbonyl (C=O) groups is 2. The molecule has 0 spiro atoms. The number of furan rings is 1. The molecular weight excluding hydrogens is 552 g/mol. The van der Waals surface area contributed by atoms with Crippen LogP contribution in [0, 0.1) is 11.3 Å². The van der Waals surface area contributed by atoms with Crippen LogP contribution >= 0.6 is 0 Å². The largest absolute Gasteiger partial charge is 0.462 e. The molecule has 2 aromatic rings. The van der Waals surface area contributed by atoms with Crippen LogP contribution in [0.5, 0.6) is 5.95 Å². The number of fused-ring (bicyclic) bond motifs is 2. The molecule has 1 aromatic carbocycles. The summed E-state index contributed by atoms with van der Waals surface area (Å²) in [4.78, 5) is 25.9. The summed E-state index contributed by atoms with van der Waals surface area (Å²) in [6, 6.07) is 8.38. The van der Waals surface area contributed by atoms with Gasteiger partial charge in [0.25, 0.3) is 5.95 Å². The topological polar surface area (TPSA) is 174 Å². The minimum atomic E-state index is -1.77. The number of hydrogen-bond donors (Lipinski definition) is 4. The molecule has 5 aliphatic rings. The fourth-order valence-electron chi connectivity index (χ4n) is 7.16. The van der Waals surface area contributed by atoms with Crippen molar-refractivity contribution < 1.29 is 58.1 Å². The third kappa shape index (κ3) is 3.83. The molecule has 0 unspecified atom stereocenters. The van der Waals surface area contributed by atoms with Crippen molar-refractivity contribution >= 4 is 11.9 Å². The van der Waals surface area contributed by atoms with E-state index in [1.807, 2.05) is 0 Å². The lowest BCUT2D eigenvalue weighted by Crippen LogP contribution is -2.67. The van der Waals surface area contributed by atoms with E-state index in [2.05, 4.69) is 0 Å². The number of aliphatic hydroxyl groups excluding tert-OH is 4. The maximum absolute atomic E-state index is 13.0. The highest BCUT2D eigenvalue weighted by Gasteiger charge is 2.79. The van der Waals surface area contributed by atoms with E-state index in [1.165, 1.54) is 12.2 Å². The molecule has 0 amide bonds. The molecular formula is C30H32O12. The predicted octanol–water partition coefficient (Wildman–Crippen LogP) is 0.735. The van der Waals surface area contributed by atoms with E-state index in [-0.39, 0.29) is 19.4 Å². The van der Waals surface area contributed by atoms with Gasteiger partial charge in [-0.15, -0.1) is 0 Å². The molecule has 42 heavy (non-hydrogen) atoms. The number of hydrogen-bond acceptors (Lipinski definition) is 12. The number of esters is 2. The van der Waals surface area contributed by atoms with Crippen LogP contribution in [0.2, 0.25) is 0 Å². The summed E-state index contributed by atoms with van der Waals surface area (Å²) >= 11 is 0. The summed E-state index contributed by atoms with van der Waals surface area (Å²) in [7, 11) is 0. The Kier molecular flexibility index (Phi) is 6.15. The van der Waals surface area contributed by atoms with Gasteiger partial charge in [-0.25, -0.2) is 4.79 Å². The van der Waals surface area contributed by atoms with Crippen molar-refractivity contribution in [1.29, 1.82) is 0 Å². The Morgan fingerprint density at radius 1 is 1.02 bits per heavy atom. The molecule has 1 aromatic heterocycles. The fourth-order valence-corrected chi connectivity index (χ4v) is 7.16. The molecule has 12 nitrogen and oxygen atoms in total. The zero-order chi connectivity index (χ0) is 29.5. The highest BCUT2D eigenvalue weighted by Crippen LogP contribution is 2.66. The molecule has 7 rings (SSSR count). The lowest BCUT2D eigenvalue weighted by Gasteiger charge is -2.52. The number of ether oxygens (including phenoxy) is 5. The molecule has 9 atom stereocenters. The van der Waals surface area contributed by atoms with Gasteiger partial charge in [0.2, 0.25) is 5.79 Å². The highest BCUT2D eigenvalue weighted by atomic mass is 16.8. The van der Waals surface area contributed by atoms with Gasteiger partial charge in [-0.05, 0) is 25.0 Å². The standard InChI is InChI=1S/C30H32O12/c1-27-12-29(23(34)22(27)33,14-38-25(36)17-7-8-19(31)20(32)9-17)42-30(27,15-39-24(35)16-5-3-2-4-6-16)41-28-10-18-11-37-26(21(18)28)40-13-28/h2-8,11,17,19-20,22-23,31-34H,9-10,12-15H2,1H3/t17-,19+,20-,22+,23+,27+,28+,29+,30-/m1/s1. The first-order valence-electron chi connectivity index (χ1n) is 13.9. The summed E-state index contributed by atoms with van der Waals surface area (Å²) in [5.41, 5.74) is -1.95. The van der Waals surface area contributed by atoms with Crippen LogP contribution in [0.3, 0.4) is 0 Å². The van der Waals surface area contributed by atoms with E-state index < -0.39 is 77.9 Å². The summed E-state index contributed by atoms with van der Waals surface area (Å²) in [5, 5.41) is 42.3. The molecule has 12 heteroatoms. The molecule has 1 saturated heterocycles. The Morgan fingerprint density at radius 3 is 2.57 bits per heavy atom. The first-order valence-corrected chi connectivity index (χ1v) is 13.9. The smallest absolute Gasteiger partial charge is 0.338 e. The maximum atomic E-state index is 13.0. The van der Waals surface area contributed by atoms with Crippen molar-refractivity contribution in [2.75, 3.05) is 19.8 Å². The third-order valence-corrected chi connectivity index (χ3v) is 9.55. The molecule has 224 valence electrons. The van der Waals surface area contributed by atoms with E-state index >= 15 is 0 Å². The van der Waals surface area contributed by atoms with Crippen molar-refractivity contribution in [3.8, 4) is 5.95 Å². The Hall–Kier alpha value is -3.26. The molecule has 3 heterocycles. The van der Waals surface area contributed by atoms with Crippen molar-refractivity contribution in [2.24, 2.45) is 11.3 Å². The first kappa shape index (κ1) is 27.6. The SMILES string of the molecule is C[C@@]12C[C@@](COC(=O)[C@@H]3C=C[C@H](O)[C@H](O)C3)(O[C@@]1(COC(=O)c1ccccc1)O[C@@]13COc4occ(c41)C3)[C@@H](O)[C@@H]2O. The number of aliphatic hydroxyl groups is 4. The first-order chi connectivity index (χ1) is 20.0. The average molecular weight is 585 g/mol. The van der Waals surface area contributed by atoms with Crippen molar-refractivity contribution in [3.63, 3.8) is 0 Å². The summed E-state index contributed by atoms with van der Waals surface area (Å²) in [6.07, 6.45) is -0.247. The molecule has 2 aliphatic heterocycles. The fraction of sp³-hybridized carbons (Fsp3) is 0.533. The normalized spacial score (nSPS) is 40.7. The van der Waals surface area contributed by atoms with E-state index in [0.29, 0.717) is 17.9 Å². The average Bonchev–Trinajstić information content (AvgIpc) is 3.60. The Balaban J connectivity index is 1.18. The second-order valence-corrected chi connectivity index (χ2v) is 12.2. The van der Waals surface area contributed by atoms with Crippen LogP contribution in [0.25, 0.3) is 0 Å². The monoisotopic (exact) mass is 584 g/mol. The second kappa shape index (κ2) is 9.37. The van der Waals surface area contributed by atoms with Gasteiger partial charge in [-0.1, -0.05) is 37.3 Å². The zero-order valence-corrected chi connectivity index (χ0v) is 22.8. The number of carbonyl (C=O) groups excluding carboxylic acids is 2. The van der Waals surface area contributed by atoms with Gasteiger partial charge in [0, 0.05) is 12.0 Å². The van der Waals surface area contributed by atoms with Crippen molar-refractivity contribution in [2.45, 2.75) is 67.6 Å². The van der Waals surface area contributed by atoms with Crippen LogP contribution in [0.4, 0.5) is 0 Å². The molecule has 4 N–H and O–H groups in total. The number of rotatable bonds is 8. The summed E-state index contributed by atoms with van der Waals surface area (Å²) in [6.45, 7) is 0.923. The quantitative estimate of drug-likeness (QED) is 0.253. The highest BCUT2D eigenvalue weighted by molar-refractivity contribution is 5.89. The van der Waals surface area contributed by atoms with Crippen molar-refractivity contribution in [3.05, 3.63) is 65.4 Å². The zero-order valence-electron chi connectivity index (χ0n) is 22.8. The Labute approximate surface area is 240 Å². The van der Waals surface area contributed by atoms with Gasteiger partial charge in [0.1, 0.15) is 37.1 Å². The summed E-state index contributed by atoms with van der Waals surface area (Å²) in [5.74, 6) is -3.57. The molecule has 2 bridgehead atoms.